The highest BCUT2D eigenvalue weighted by Gasteiger charge is 2.41. The van der Waals surface area contributed by atoms with Gasteiger partial charge in [-0.05, 0) is 29.9 Å². The van der Waals surface area contributed by atoms with Crippen LogP contribution in [0.2, 0.25) is 0 Å². The number of piperidine rings is 1. The van der Waals surface area contributed by atoms with E-state index in [9.17, 15) is 9.90 Å². The zero-order chi connectivity index (χ0) is 16.3. The zero-order valence-electron chi connectivity index (χ0n) is 12.9. The van der Waals surface area contributed by atoms with E-state index in [1.54, 1.807) is 0 Å². The van der Waals surface area contributed by atoms with Crippen LogP contribution in [0.25, 0.3) is 0 Å². The molecular weight excluding hydrogens is 290 g/mol. The summed E-state index contributed by atoms with van der Waals surface area (Å²) in [4.78, 5) is 12.5. The fraction of sp³-hybridized carbons (Fsp3) is 0.316. The lowest BCUT2D eigenvalue weighted by Crippen LogP contribution is -2.45. The molecular formula is C19H21NO3. The first-order chi connectivity index (χ1) is 11.1. The average Bonchev–Trinajstić information content (AvgIpc) is 2.62. The molecule has 1 heterocycles. The Morgan fingerprint density at radius 3 is 1.74 bits per heavy atom. The lowest BCUT2D eigenvalue weighted by Gasteiger charge is -2.41. The van der Waals surface area contributed by atoms with Gasteiger partial charge in [-0.2, -0.15) is 0 Å². The van der Waals surface area contributed by atoms with Gasteiger partial charge < -0.3 is 15.1 Å². The lowest BCUT2D eigenvalue weighted by atomic mass is 9.72. The van der Waals surface area contributed by atoms with Crippen LogP contribution in [0, 0.1) is 5.92 Å². The van der Waals surface area contributed by atoms with Crippen molar-refractivity contribution in [1.82, 2.24) is 4.90 Å². The Balaban J connectivity index is 1.96. The van der Waals surface area contributed by atoms with E-state index in [-0.39, 0.29) is 5.92 Å². The second-order valence-electron chi connectivity index (χ2n) is 6.04. The molecule has 1 aliphatic rings. The summed E-state index contributed by atoms with van der Waals surface area (Å²) >= 11 is 0. The summed E-state index contributed by atoms with van der Waals surface area (Å²) < 4.78 is 0. The number of benzene rings is 2. The first-order valence-electron chi connectivity index (χ1n) is 7.93. The Labute approximate surface area is 136 Å². The van der Waals surface area contributed by atoms with Crippen molar-refractivity contribution in [3.8, 4) is 0 Å². The normalized spacial score (nSPS) is 16.3. The predicted molar refractivity (Wildman–Crippen MR) is 88.2 cm³/mol. The fourth-order valence-electron chi connectivity index (χ4n) is 3.51. The first-order valence-corrected chi connectivity index (χ1v) is 7.93. The number of hydrogen-bond acceptors (Lipinski definition) is 2. The minimum absolute atomic E-state index is 0.0112. The summed E-state index contributed by atoms with van der Waals surface area (Å²) in [5, 5.41) is 20.8. The quantitative estimate of drug-likeness (QED) is 0.914. The summed E-state index contributed by atoms with van der Waals surface area (Å²) in [6.45, 7) is 0.921. The SMILES string of the molecule is O=C(O)N1CCC(C(O)(c2ccccc2)c2ccccc2)CC1. The van der Waals surface area contributed by atoms with Crippen LogP contribution in [0.5, 0.6) is 0 Å². The fourth-order valence-corrected chi connectivity index (χ4v) is 3.51. The van der Waals surface area contributed by atoms with Gasteiger partial charge in [0.2, 0.25) is 0 Å². The van der Waals surface area contributed by atoms with Gasteiger partial charge >= 0.3 is 6.09 Å². The van der Waals surface area contributed by atoms with E-state index in [4.69, 9.17) is 5.11 Å². The summed E-state index contributed by atoms with van der Waals surface area (Å²) in [7, 11) is 0. The molecule has 1 amide bonds. The highest BCUT2D eigenvalue weighted by molar-refractivity contribution is 5.65. The van der Waals surface area contributed by atoms with Crippen LogP contribution in [0.15, 0.2) is 60.7 Å². The molecule has 2 aromatic carbocycles. The molecule has 0 unspecified atom stereocenters. The second kappa shape index (κ2) is 6.42. The van der Waals surface area contributed by atoms with Crippen molar-refractivity contribution >= 4 is 6.09 Å². The van der Waals surface area contributed by atoms with E-state index in [1.807, 2.05) is 60.7 Å². The van der Waals surface area contributed by atoms with Crippen molar-refractivity contribution in [3.63, 3.8) is 0 Å². The molecule has 0 spiro atoms. The van der Waals surface area contributed by atoms with Gasteiger partial charge in [0.25, 0.3) is 0 Å². The van der Waals surface area contributed by atoms with E-state index in [2.05, 4.69) is 0 Å². The predicted octanol–water partition coefficient (Wildman–Crippen LogP) is 3.31. The summed E-state index contributed by atoms with van der Waals surface area (Å²) in [6, 6.07) is 19.3. The van der Waals surface area contributed by atoms with E-state index in [0.29, 0.717) is 25.9 Å². The third kappa shape index (κ3) is 2.94. The number of aliphatic hydroxyl groups is 1. The van der Waals surface area contributed by atoms with Crippen molar-refractivity contribution in [2.24, 2.45) is 5.92 Å². The smallest absolute Gasteiger partial charge is 0.407 e. The van der Waals surface area contributed by atoms with Gasteiger partial charge in [0.05, 0.1) is 0 Å². The van der Waals surface area contributed by atoms with Gasteiger partial charge in [0, 0.05) is 13.1 Å². The maximum absolute atomic E-state index is 11.6. The van der Waals surface area contributed by atoms with Crippen molar-refractivity contribution < 1.29 is 15.0 Å². The molecule has 23 heavy (non-hydrogen) atoms. The molecule has 3 rings (SSSR count). The Hall–Kier alpha value is -2.33. The molecule has 0 aromatic heterocycles. The van der Waals surface area contributed by atoms with Crippen LogP contribution < -0.4 is 0 Å². The van der Waals surface area contributed by atoms with Gasteiger partial charge in [0.1, 0.15) is 5.60 Å². The van der Waals surface area contributed by atoms with Crippen molar-refractivity contribution in [2.45, 2.75) is 18.4 Å². The molecule has 1 saturated heterocycles. The molecule has 0 radical (unpaired) electrons. The Bertz CT molecular complexity index is 609. The summed E-state index contributed by atoms with van der Waals surface area (Å²) in [5.74, 6) is -0.0112. The van der Waals surface area contributed by atoms with E-state index >= 15 is 0 Å². The molecule has 120 valence electrons. The van der Waals surface area contributed by atoms with Crippen molar-refractivity contribution in [1.29, 1.82) is 0 Å². The topological polar surface area (TPSA) is 60.8 Å². The number of rotatable bonds is 3. The van der Waals surface area contributed by atoms with Crippen LogP contribution >= 0.6 is 0 Å². The summed E-state index contributed by atoms with van der Waals surface area (Å²) in [5.41, 5.74) is 0.632. The molecule has 2 N–H and O–H groups in total. The van der Waals surface area contributed by atoms with Crippen LogP contribution in [-0.4, -0.2) is 34.3 Å². The maximum Gasteiger partial charge on any atom is 0.407 e. The Morgan fingerprint density at radius 2 is 1.35 bits per heavy atom. The highest BCUT2D eigenvalue weighted by atomic mass is 16.4. The van der Waals surface area contributed by atoms with Crippen molar-refractivity contribution in [2.75, 3.05) is 13.1 Å². The highest BCUT2D eigenvalue weighted by Crippen LogP contribution is 2.41. The summed E-state index contributed by atoms with van der Waals surface area (Å²) in [6.07, 6.45) is 0.408. The number of carbonyl (C=O) groups is 1. The minimum atomic E-state index is -1.09. The number of amides is 1. The first kappa shape index (κ1) is 15.6. The van der Waals surface area contributed by atoms with E-state index in [1.165, 1.54) is 4.90 Å². The number of carboxylic acid groups (broad SMARTS) is 1. The molecule has 1 fully saturated rings. The third-order valence-corrected chi connectivity index (χ3v) is 4.78. The molecule has 4 heteroatoms. The molecule has 1 aliphatic heterocycles. The molecule has 4 nitrogen and oxygen atoms in total. The van der Waals surface area contributed by atoms with Crippen LogP contribution in [0.3, 0.4) is 0 Å². The Morgan fingerprint density at radius 1 is 0.913 bits per heavy atom. The number of likely N-dealkylation sites (tertiary alicyclic amines) is 1. The second-order valence-corrected chi connectivity index (χ2v) is 6.04. The van der Waals surface area contributed by atoms with E-state index < -0.39 is 11.7 Å². The van der Waals surface area contributed by atoms with Crippen LogP contribution in [-0.2, 0) is 5.60 Å². The maximum atomic E-state index is 11.6. The standard InChI is InChI=1S/C19H21NO3/c21-18(22)20-13-11-17(12-14-20)19(23,15-7-3-1-4-8-15)16-9-5-2-6-10-16/h1-10,17,23H,11-14H2,(H,21,22). The molecule has 0 bridgehead atoms. The monoisotopic (exact) mass is 311 g/mol. The van der Waals surface area contributed by atoms with Crippen molar-refractivity contribution in [3.05, 3.63) is 71.8 Å². The lowest BCUT2D eigenvalue weighted by molar-refractivity contribution is -0.0121. The minimum Gasteiger partial charge on any atom is -0.465 e. The number of nitrogens with zero attached hydrogens (tertiary/aromatic N) is 1. The largest absolute Gasteiger partial charge is 0.465 e. The third-order valence-electron chi connectivity index (χ3n) is 4.78. The molecule has 0 aliphatic carbocycles. The zero-order valence-corrected chi connectivity index (χ0v) is 12.9. The van der Waals surface area contributed by atoms with Gasteiger partial charge in [-0.15, -0.1) is 0 Å². The van der Waals surface area contributed by atoms with Crippen LogP contribution in [0.4, 0.5) is 4.79 Å². The Kier molecular flexibility index (Phi) is 4.35. The van der Waals surface area contributed by atoms with Gasteiger partial charge in [-0.1, -0.05) is 60.7 Å². The van der Waals surface area contributed by atoms with Gasteiger partial charge in [-0.3, -0.25) is 0 Å². The van der Waals surface area contributed by atoms with Crippen LogP contribution in [0.1, 0.15) is 24.0 Å². The molecule has 0 atom stereocenters. The van der Waals surface area contributed by atoms with Gasteiger partial charge in [-0.25, -0.2) is 4.79 Å². The van der Waals surface area contributed by atoms with E-state index in [0.717, 1.165) is 11.1 Å². The molecule has 0 saturated carbocycles. The molecule has 2 aromatic rings. The number of hydrogen-bond donors (Lipinski definition) is 2. The average molecular weight is 311 g/mol. The van der Waals surface area contributed by atoms with Gasteiger partial charge in [0.15, 0.2) is 0 Å².